The van der Waals surface area contributed by atoms with E-state index in [9.17, 15) is 4.79 Å². The van der Waals surface area contributed by atoms with E-state index in [2.05, 4.69) is 29.3 Å². The number of likely N-dealkylation sites (tertiary alicyclic amines) is 1. The summed E-state index contributed by atoms with van der Waals surface area (Å²) < 4.78 is 0. The van der Waals surface area contributed by atoms with Gasteiger partial charge in [-0.15, -0.1) is 0 Å². The van der Waals surface area contributed by atoms with Gasteiger partial charge in [0.05, 0.1) is 0 Å². The Bertz CT molecular complexity index is 452. The number of piperidine rings is 1. The Kier molecular flexibility index (Phi) is 5.73. The normalized spacial score (nSPS) is 17.1. The monoisotopic (exact) mass is 290 g/mol. The fourth-order valence-corrected chi connectivity index (χ4v) is 2.91. The summed E-state index contributed by atoms with van der Waals surface area (Å²) in [5.74, 6) is 5.68. The van der Waals surface area contributed by atoms with Crippen molar-refractivity contribution in [3.63, 3.8) is 0 Å². The van der Waals surface area contributed by atoms with Crippen molar-refractivity contribution in [1.82, 2.24) is 15.2 Å². The van der Waals surface area contributed by atoms with Crippen LogP contribution in [-0.4, -0.2) is 49.4 Å². The van der Waals surface area contributed by atoms with Gasteiger partial charge in [-0.2, -0.15) is 0 Å². The number of nitrogen functional groups attached to an aromatic ring is 1. The Morgan fingerprint density at radius 3 is 2.52 bits per heavy atom. The highest BCUT2D eigenvalue weighted by atomic mass is 16.2. The molecule has 0 unspecified atom stereocenters. The van der Waals surface area contributed by atoms with Crippen LogP contribution in [-0.2, 0) is 6.54 Å². The first-order chi connectivity index (χ1) is 10.1. The van der Waals surface area contributed by atoms with Crippen molar-refractivity contribution in [2.75, 3.05) is 33.7 Å². The van der Waals surface area contributed by atoms with Crippen molar-refractivity contribution in [2.45, 2.75) is 19.4 Å². The van der Waals surface area contributed by atoms with Gasteiger partial charge in [0.25, 0.3) is 5.91 Å². The van der Waals surface area contributed by atoms with E-state index in [0.717, 1.165) is 19.0 Å². The zero-order valence-electron chi connectivity index (χ0n) is 13.0. The molecule has 1 aliphatic heterocycles. The van der Waals surface area contributed by atoms with E-state index in [1.807, 2.05) is 24.3 Å². The molecule has 2 rings (SSSR count). The van der Waals surface area contributed by atoms with Crippen molar-refractivity contribution in [3.05, 3.63) is 35.4 Å². The van der Waals surface area contributed by atoms with Crippen LogP contribution in [0.2, 0.25) is 0 Å². The number of benzene rings is 1. The van der Waals surface area contributed by atoms with Crippen molar-refractivity contribution in [2.24, 2.45) is 11.8 Å². The molecule has 21 heavy (non-hydrogen) atoms. The smallest absolute Gasteiger partial charge is 0.265 e. The molecule has 0 bridgehead atoms. The minimum absolute atomic E-state index is 0.249. The standard InChI is InChI=1S/C16H26N4O/c1-19-9-7-14(8-10-19)12-20(2)11-13-3-5-15(6-4-13)16(21)18-17/h3-6,14H,7-12,17H2,1-2H3,(H,18,21). The maximum atomic E-state index is 11.4. The third kappa shape index (κ3) is 4.81. The molecule has 1 amide bonds. The van der Waals surface area contributed by atoms with Gasteiger partial charge in [-0.3, -0.25) is 10.2 Å². The van der Waals surface area contributed by atoms with E-state index < -0.39 is 0 Å². The highest BCUT2D eigenvalue weighted by molar-refractivity contribution is 5.93. The van der Waals surface area contributed by atoms with Gasteiger partial charge >= 0.3 is 0 Å². The zero-order valence-corrected chi connectivity index (χ0v) is 13.0. The first-order valence-corrected chi connectivity index (χ1v) is 7.55. The second-order valence-electron chi connectivity index (χ2n) is 6.11. The lowest BCUT2D eigenvalue weighted by Gasteiger charge is -2.31. The topological polar surface area (TPSA) is 61.6 Å². The summed E-state index contributed by atoms with van der Waals surface area (Å²) in [5.41, 5.74) is 3.96. The number of nitrogens with one attached hydrogen (secondary N) is 1. The summed E-state index contributed by atoms with van der Waals surface area (Å²) in [6.07, 6.45) is 2.58. The lowest BCUT2D eigenvalue weighted by Crippen LogP contribution is -2.35. The molecule has 5 heteroatoms. The Morgan fingerprint density at radius 1 is 1.33 bits per heavy atom. The Morgan fingerprint density at radius 2 is 1.95 bits per heavy atom. The summed E-state index contributed by atoms with van der Waals surface area (Å²) in [6.45, 7) is 4.47. The van der Waals surface area contributed by atoms with Crippen LogP contribution in [0.1, 0.15) is 28.8 Å². The number of carbonyl (C=O) groups is 1. The van der Waals surface area contributed by atoms with Crippen molar-refractivity contribution >= 4 is 5.91 Å². The number of amides is 1. The molecule has 0 atom stereocenters. The summed E-state index contributed by atoms with van der Waals surface area (Å²) in [6, 6.07) is 7.63. The molecule has 116 valence electrons. The second kappa shape index (κ2) is 7.54. The first-order valence-electron chi connectivity index (χ1n) is 7.55. The fraction of sp³-hybridized carbons (Fsp3) is 0.562. The molecule has 1 aromatic carbocycles. The molecule has 0 aliphatic carbocycles. The minimum atomic E-state index is -0.249. The molecule has 0 aromatic heterocycles. The lowest BCUT2D eigenvalue weighted by molar-refractivity contribution is 0.0953. The third-order valence-electron chi connectivity index (χ3n) is 4.21. The maximum Gasteiger partial charge on any atom is 0.265 e. The molecule has 1 saturated heterocycles. The van der Waals surface area contributed by atoms with Gasteiger partial charge in [0, 0.05) is 18.7 Å². The van der Waals surface area contributed by atoms with Crippen LogP contribution in [0, 0.1) is 5.92 Å². The number of hydrogen-bond acceptors (Lipinski definition) is 4. The molecule has 0 radical (unpaired) electrons. The van der Waals surface area contributed by atoms with Gasteiger partial charge < -0.3 is 9.80 Å². The fourth-order valence-electron chi connectivity index (χ4n) is 2.91. The average molecular weight is 290 g/mol. The molecule has 1 aliphatic rings. The highest BCUT2D eigenvalue weighted by Crippen LogP contribution is 2.17. The Balaban J connectivity index is 1.82. The van der Waals surface area contributed by atoms with Gasteiger partial charge in [-0.05, 0) is 63.6 Å². The molecule has 0 spiro atoms. The summed E-state index contributed by atoms with van der Waals surface area (Å²) in [7, 11) is 4.36. The summed E-state index contributed by atoms with van der Waals surface area (Å²) in [5, 5.41) is 0. The van der Waals surface area contributed by atoms with Crippen LogP contribution in [0.25, 0.3) is 0 Å². The van der Waals surface area contributed by atoms with Crippen LogP contribution in [0.15, 0.2) is 24.3 Å². The number of nitrogens with zero attached hydrogens (tertiary/aromatic N) is 2. The SMILES string of the molecule is CN1CCC(CN(C)Cc2ccc(C(=O)NN)cc2)CC1. The average Bonchev–Trinajstić information content (AvgIpc) is 2.49. The number of hydrogen-bond donors (Lipinski definition) is 2. The Hall–Kier alpha value is -1.43. The lowest BCUT2D eigenvalue weighted by atomic mass is 9.96. The minimum Gasteiger partial charge on any atom is -0.306 e. The number of rotatable bonds is 5. The van der Waals surface area contributed by atoms with E-state index in [4.69, 9.17) is 5.84 Å². The summed E-state index contributed by atoms with van der Waals surface area (Å²) >= 11 is 0. The zero-order chi connectivity index (χ0) is 15.2. The predicted octanol–water partition coefficient (Wildman–Crippen LogP) is 1.06. The van der Waals surface area contributed by atoms with Crippen LogP contribution >= 0.6 is 0 Å². The van der Waals surface area contributed by atoms with Gasteiger partial charge in [-0.25, -0.2) is 5.84 Å². The van der Waals surface area contributed by atoms with Crippen LogP contribution in [0.5, 0.6) is 0 Å². The molecule has 3 N–H and O–H groups in total. The molecule has 1 fully saturated rings. The van der Waals surface area contributed by atoms with Gasteiger partial charge in [0.1, 0.15) is 0 Å². The van der Waals surface area contributed by atoms with Crippen LogP contribution in [0.3, 0.4) is 0 Å². The van der Waals surface area contributed by atoms with Crippen molar-refractivity contribution in [3.8, 4) is 0 Å². The molecule has 0 saturated carbocycles. The predicted molar refractivity (Wildman–Crippen MR) is 84.7 cm³/mol. The van der Waals surface area contributed by atoms with Gasteiger partial charge in [0.15, 0.2) is 0 Å². The van der Waals surface area contributed by atoms with Gasteiger partial charge in [0.2, 0.25) is 0 Å². The first kappa shape index (κ1) is 15.9. The van der Waals surface area contributed by atoms with Crippen LogP contribution < -0.4 is 11.3 Å². The largest absolute Gasteiger partial charge is 0.306 e. The van der Waals surface area contributed by atoms with Crippen LogP contribution in [0.4, 0.5) is 0 Å². The number of nitrogens with two attached hydrogens (primary N) is 1. The summed E-state index contributed by atoms with van der Waals surface area (Å²) in [4.78, 5) is 16.2. The van der Waals surface area contributed by atoms with E-state index in [0.29, 0.717) is 5.56 Å². The molecule has 1 heterocycles. The second-order valence-corrected chi connectivity index (χ2v) is 6.11. The van der Waals surface area contributed by atoms with E-state index >= 15 is 0 Å². The molecule has 1 aromatic rings. The van der Waals surface area contributed by atoms with Crippen molar-refractivity contribution < 1.29 is 4.79 Å². The highest BCUT2D eigenvalue weighted by Gasteiger charge is 2.18. The van der Waals surface area contributed by atoms with E-state index in [1.165, 1.54) is 31.5 Å². The maximum absolute atomic E-state index is 11.4. The molecular formula is C16H26N4O. The quantitative estimate of drug-likeness (QED) is 0.484. The van der Waals surface area contributed by atoms with E-state index in [1.54, 1.807) is 0 Å². The number of carbonyl (C=O) groups excluding carboxylic acids is 1. The van der Waals surface area contributed by atoms with Crippen molar-refractivity contribution in [1.29, 1.82) is 0 Å². The van der Waals surface area contributed by atoms with E-state index in [-0.39, 0.29) is 5.91 Å². The third-order valence-corrected chi connectivity index (χ3v) is 4.21. The molecular weight excluding hydrogens is 264 g/mol. The molecule has 5 nitrogen and oxygen atoms in total. The van der Waals surface area contributed by atoms with Gasteiger partial charge in [-0.1, -0.05) is 12.1 Å². The number of hydrazine groups is 1. The Labute approximate surface area is 127 Å².